The van der Waals surface area contributed by atoms with E-state index in [1.54, 1.807) is 0 Å². The van der Waals surface area contributed by atoms with Gasteiger partial charge in [0.15, 0.2) is 0 Å². The summed E-state index contributed by atoms with van der Waals surface area (Å²) in [6.45, 7) is 2.03. The maximum absolute atomic E-state index is 12.1. The van der Waals surface area contributed by atoms with E-state index in [0.717, 1.165) is 32.4 Å². The highest BCUT2D eigenvalue weighted by Crippen LogP contribution is 2.31. The van der Waals surface area contributed by atoms with Crippen LogP contribution in [0.3, 0.4) is 0 Å². The van der Waals surface area contributed by atoms with E-state index in [0.29, 0.717) is 17.9 Å². The first-order chi connectivity index (χ1) is 7.33. The Morgan fingerprint density at radius 3 is 2.73 bits per heavy atom. The van der Waals surface area contributed by atoms with Crippen LogP contribution in [0.1, 0.15) is 38.5 Å². The van der Waals surface area contributed by atoms with Crippen molar-refractivity contribution in [3.63, 3.8) is 0 Å². The molecule has 1 heterocycles. The third-order valence-electron chi connectivity index (χ3n) is 3.84. The first-order valence-electron chi connectivity index (χ1n) is 6.28. The van der Waals surface area contributed by atoms with Gasteiger partial charge in [-0.1, -0.05) is 6.42 Å². The lowest BCUT2D eigenvalue weighted by atomic mass is 9.84. The molecule has 2 rings (SSSR count). The number of amides is 1. The molecule has 0 aromatic rings. The van der Waals surface area contributed by atoms with E-state index >= 15 is 0 Å². The fraction of sp³-hybridized carbons (Fsp3) is 0.917. The normalized spacial score (nSPS) is 26.7. The highest BCUT2D eigenvalue weighted by Gasteiger charge is 2.34. The summed E-state index contributed by atoms with van der Waals surface area (Å²) in [6, 6.07) is 0.519. The summed E-state index contributed by atoms with van der Waals surface area (Å²) in [5, 5.41) is 3.17. The van der Waals surface area contributed by atoms with Gasteiger partial charge in [0, 0.05) is 18.5 Å². The van der Waals surface area contributed by atoms with Crippen molar-refractivity contribution in [1.29, 1.82) is 0 Å². The topological polar surface area (TPSA) is 32.3 Å². The van der Waals surface area contributed by atoms with Gasteiger partial charge in [-0.05, 0) is 45.7 Å². The van der Waals surface area contributed by atoms with Gasteiger partial charge in [-0.25, -0.2) is 0 Å². The quantitative estimate of drug-likeness (QED) is 0.760. The zero-order valence-corrected chi connectivity index (χ0v) is 9.67. The number of rotatable bonds is 4. The SMILES string of the molecule is CNCCC1CCCN1C(=O)C1CCC1. The summed E-state index contributed by atoms with van der Waals surface area (Å²) in [5.41, 5.74) is 0. The predicted octanol–water partition coefficient (Wildman–Crippen LogP) is 1.39. The summed E-state index contributed by atoms with van der Waals surface area (Å²) < 4.78 is 0. The first kappa shape index (κ1) is 10.9. The van der Waals surface area contributed by atoms with Crippen molar-refractivity contribution in [1.82, 2.24) is 10.2 Å². The molecule has 1 saturated carbocycles. The van der Waals surface area contributed by atoms with Crippen LogP contribution in [0.15, 0.2) is 0 Å². The molecule has 3 nitrogen and oxygen atoms in total. The smallest absolute Gasteiger partial charge is 0.225 e. The largest absolute Gasteiger partial charge is 0.339 e. The molecule has 1 aliphatic carbocycles. The predicted molar refractivity (Wildman–Crippen MR) is 60.6 cm³/mol. The van der Waals surface area contributed by atoms with Crippen LogP contribution in [0.4, 0.5) is 0 Å². The molecule has 0 radical (unpaired) electrons. The molecule has 1 atom stereocenters. The van der Waals surface area contributed by atoms with Gasteiger partial charge in [-0.15, -0.1) is 0 Å². The Balaban J connectivity index is 1.85. The lowest BCUT2D eigenvalue weighted by Gasteiger charge is -2.32. The third-order valence-corrected chi connectivity index (χ3v) is 3.84. The van der Waals surface area contributed by atoms with Crippen molar-refractivity contribution in [2.75, 3.05) is 20.1 Å². The van der Waals surface area contributed by atoms with Gasteiger partial charge >= 0.3 is 0 Å². The van der Waals surface area contributed by atoms with Crippen LogP contribution in [-0.2, 0) is 4.79 Å². The van der Waals surface area contributed by atoms with Crippen LogP contribution in [0.25, 0.3) is 0 Å². The molecule has 15 heavy (non-hydrogen) atoms. The Kier molecular flexibility index (Phi) is 3.62. The van der Waals surface area contributed by atoms with Gasteiger partial charge in [0.1, 0.15) is 0 Å². The van der Waals surface area contributed by atoms with Crippen LogP contribution >= 0.6 is 0 Å². The molecule has 1 saturated heterocycles. The molecule has 1 amide bonds. The lowest BCUT2D eigenvalue weighted by Crippen LogP contribution is -2.42. The molecule has 3 heteroatoms. The molecular formula is C12H22N2O. The molecule has 2 aliphatic rings. The maximum atomic E-state index is 12.1. The van der Waals surface area contributed by atoms with Crippen molar-refractivity contribution in [3.05, 3.63) is 0 Å². The van der Waals surface area contributed by atoms with E-state index < -0.39 is 0 Å². The molecule has 1 N–H and O–H groups in total. The van der Waals surface area contributed by atoms with Crippen molar-refractivity contribution < 1.29 is 4.79 Å². The Morgan fingerprint density at radius 2 is 2.13 bits per heavy atom. The molecule has 0 aromatic heterocycles. The molecule has 0 aromatic carbocycles. The lowest BCUT2D eigenvalue weighted by molar-refractivity contribution is -0.139. The number of nitrogens with one attached hydrogen (secondary N) is 1. The minimum Gasteiger partial charge on any atom is -0.339 e. The van der Waals surface area contributed by atoms with Crippen LogP contribution in [0.2, 0.25) is 0 Å². The summed E-state index contributed by atoms with van der Waals surface area (Å²) in [5.74, 6) is 0.819. The van der Waals surface area contributed by atoms with Gasteiger partial charge in [-0.2, -0.15) is 0 Å². The third kappa shape index (κ3) is 2.33. The number of likely N-dealkylation sites (tertiary alicyclic amines) is 1. The summed E-state index contributed by atoms with van der Waals surface area (Å²) in [7, 11) is 1.98. The number of hydrogen-bond acceptors (Lipinski definition) is 2. The van der Waals surface area contributed by atoms with E-state index in [9.17, 15) is 4.79 Å². The van der Waals surface area contributed by atoms with Crippen LogP contribution < -0.4 is 5.32 Å². The first-order valence-corrected chi connectivity index (χ1v) is 6.28. The second-order valence-corrected chi connectivity index (χ2v) is 4.85. The number of nitrogens with zero attached hydrogens (tertiary/aromatic N) is 1. The van der Waals surface area contributed by atoms with Crippen LogP contribution in [0.5, 0.6) is 0 Å². The standard InChI is InChI=1S/C12H22N2O/c1-13-8-7-11-6-3-9-14(11)12(15)10-4-2-5-10/h10-11,13H,2-9H2,1H3. The molecule has 0 spiro atoms. The second-order valence-electron chi connectivity index (χ2n) is 4.85. The summed E-state index contributed by atoms with van der Waals surface area (Å²) in [6.07, 6.45) is 7.05. The number of carbonyl (C=O) groups is 1. The van der Waals surface area contributed by atoms with Crippen molar-refractivity contribution in [3.8, 4) is 0 Å². The summed E-state index contributed by atoms with van der Waals surface area (Å²) in [4.78, 5) is 14.3. The monoisotopic (exact) mass is 210 g/mol. The number of hydrogen-bond donors (Lipinski definition) is 1. The van der Waals surface area contributed by atoms with Gasteiger partial charge in [-0.3, -0.25) is 4.79 Å². The van der Waals surface area contributed by atoms with Crippen LogP contribution in [-0.4, -0.2) is 37.0 Å². The summed E-state index contributed by atoms with van der Waals surface area (Å²) >= 11 is 0. The van der Waals surface area contributed by atoms with Gasteiger partial charge in [0.25, 0.3) is 0 Å². The zero-order valence-electron chi connectivity index (χ0n) is 9.67. The van der Waals surface area contributed by atoms with Crippen molar-refractivity contribution >= 4 is 5.91 Å². The van der Waals surface area contributed by atoms with E-state index in [1.165, 1.54) is 19.3 Å². The van der Waals surface area contributed by atoms with E-state index in [4.69, 9.17) is 0 Å². The fourth-order valence-electron chi connectivity index (χ4n) is 2.63. The highest BCUT2D eigenvalue weighted by atomic mass is 16.2. The Bertz CT molecular complexity index is 226. The van der Waals surface area contributed by atoms with E-state index in [-0.39, 0.29) is 0 Å². The second kappa shape index (κ2) is 4.97. The average Bonchev–Trinajstić information content (AvgIpc) is 2.59. The molecule has 86 valence electrons. The molecule has 0 bridgehead atoms. The average molecular weight is 210 g/mol. The minimum absolute atomic E-state index is 0.375. The van der Waals surface area contributed by atoms with Gasteiger partial charge in [0.2, 0.25) is 5.91 Å². The molecule has 1 aliphatic heterocycles. The fourth-order valence-corrected chi connectivity index (χ4v) is 2.63. The van der Waals surface area contributed by atoms with Crippen LogP contribution in [0, 0.1) is 5.92 Å². The van der Waals surface area contributed by atoms with Crippen molar-refractivity contribution in [2.24, 2.45) is 5.92 Å². The Hall–Kier alpha value is -0.570. The Labute approximate surface area is 92.2 Å². The molecular weight excluding hydrogens is 188 g/mol. The molecule has 1 unspecified atom stereocenters. The van der Waals surface area contributed by atoms with Crippen molar-refractivity contribution in [2.45, 2.75) is 44.6 Å². The Morgan fingerprint density at radius 1 is 1.33 bits per heavy atom. The molecule has 2 fully saturated rings. The van der Waals surface area contributed by atoms with Gasteiger partial charge < -0.3 is 10.2 Å². The van der Waals surface area contributed by atoms with E-state index in [2.05, 4.69) is 10.2 Å². The maximum Gasteiger partial charge on any atom is 0.225 e. The minimum atomic E-state index is 0.375. The zero-order chi connectivity index (χ0) is 10.7. The highest BCUT2D eigenvalue weighted by molar-refractivity contribution is 5.80. The number of carbonyl (C=O) groups excluding carboxylic acids is 1. The van der Waals surface area contributed by atoms with Gasteiger partial charge in [0.05, 0.1) is 0 Å². The van der Waals surface area contributed by atoms with E-state index in [1.807, 2.05) is 7.05 Å².